The number of benzene rings is 1. The average Bonchev–Trinajstić information content (AvgIpc) is 2.90. The Morgan fingerprint density at radius 3 is 2.47 bits per heavy atom. The van der Waals surface area contributed by atoms with Crippen molar-refractivity contribution in [2.75, 3.05) is 13.1 Å². The zero-order chi connectivity index (χ0) is 13.8. The van der Waals surface area contributed by atoms with Gasteiger partial charge in [0, 0.05) is 23.7 Å². The number of aliphatic carboxylic acids is 1. The topological polar surface area (TPSA) is 69.6 Å². The minimum absolute atomic E-state index is 0.330. The summed E-state index contributed by atoms with van der Waals surface area (Å²) in [7, 11) is 0. The van der Waals surface area contributed by atoms with Gasteiger partial charge in [0.25, 0.3) is 0 Å². The van der Waals surface area contributed by atoms with E-state index in [1.54, 1.807) is 29.2 Å². The number of carbonyl (C=O) groups is 2. The molecule has 102 valence electrons. The molecule has 19 heavy (non-hydrogen) atoms. The lowest BCUT2D eigenvalue weighted by Gasteiger charge is -2.21. The van der Waals surface area contributed by atoms with Crippen LogP contribution in [0.15, 0.2) is 24.3 Å². The molecule has 2 N–H and O–H groups in total. The first-order valence-corrected chi connectivity index (χ1v) is 6.50. The predicted molar refractivity (Wildman–Crippen MR) is 71.2 cm³/mol. The van der Waals surface area contributed by atoms with Crippen LogP contribution < -0.4 is 5.32 Å². The van der Waals surface area contributed by atoms with E-state index < -0.39 is 12.0 Å². The molecule has 2 rings (SSSR count). The summed E-state index contributed by atoms with van der Waals surface area (Å²) in [6, 6.07) is 5.14. The van der Waals surface area contributed by atoms with Gasteiger partial charge in [-0.3, -0.25) is 0 Å². The van der Waals surface area contributed by atoms with Gasteiger partial charge in [-0.15, -0.1) is 0 Å². The van der Waals surface area contributed by atoms with Crippen LogP contribution >= 0.6 is 11.6 Å². The monoisotopic (exact) mass is 282 g/mol. The number of rotatable bonds is 3. The first-order chi connectivity index (χ1) is 9.09. The summed E-state index contributed by atoms with van der Waals surface area (Å²) in [6.07, 6.45) is 1.91. The molecule has 6 heteroatoms. The van der Waals surface area contributed by atoms with Gasteiger partial charge >= 0.3 is 12.0 Å². The highest BCUT2D eigenvalue weighted by atomic mass is 35.5. The fourth-order valence-electron chi connectivity index (χ4n) is 2.12. The molecule has 1 aliphatic rings. The van der Waals surface area contributed by atoms with Crippen LogP contribution in [-0.4, -0.2) is 35.1 Å². The van der Waals surface area contributed by atoms with E-state index in [1.165, 1.54) is 0 Å². The van der Waals surface area contributed by atoms with Gasteiger partial charge in [-0.2, -0.15) is 0 Å². The molecule has 1 aromatic carbocycles. The second kappa shape index (κ2) is 5.93. The summed E-state index contributed by atoms with van der Waals surface area (Å²) in [4.78, 5) is 24.9. The van der Waals surface area contributed by atoms with Crippen LogP contribution in [0.5, 0.6) is 0 Å². The minimum Gasteiger partial charge on any atom is -0.479 e. The predicted octanol–water partition coefficient (Wildman–Crippen LogP) is 2.27. The van der Waals surface area contributed by atoms with Gasteiger partial charge in [0.15, 0.2) is 6.04 Å². The second-order valence-electron chi connectivity index (χ2n) is 4.44. The molecule has 0 bridgehead atoms. The first kappa shape index (κ1) is 13.7. The summed E-state index contributed by atoms with van der Waals surface area (Å²) in [5.41, 5.74) is 0.393. The highest BCUT2D eigenvalue weighted by Crippen LogP contribution is 2.23. The molecule has 1 fully saturated rings. The molecule has 5 nitrogen and oxygen atoms in total. The van der Waals surface area contributed by atoms with Crippen LogP contribution in [0.2, 0.25) is 5.02 Å². The Bertz CT molecular complexity index is 487. The smallest absolute Gasteiger partial charge is 0.331 e. The van der Waals surface area contributed by atoms with Crippen molar-refractivity contribution < 1.29 is 14.7 Å². The van der Waals surface area contributed by atoms with Crippen molar-refractivity contribution in [3.8, 4) is 0 Å². The van der Waals surface area contributed by atoms with Gasteiger partial charge in [0.05, 0.1) is 0 Å². The number of carboxylic acids is 1. The Morgan fingerprint density at radius 2 is 1.89 bits per heavy atom. The summed E-state index contributed by atoms with van der Waals surface area (Å²) in [5, 5.41) is 12.1. The summed E-state index contributed by atoms with van der Waals surface area (Å²) in [5.74, 6) is -1.12. The zero-order valence-electron chi connectivity index (χ0n) is 10.3. The third-order valence-electron chi connectivity index (χ3n) is 3.12. The van der Waals surface area contributed by atoms with Crippen molar-refractivity contribution in [2.24, 2.45) is 0 Å². The summed E-state index contributed by atoms with van der Waals surface area (Å²) < 4.78 is 0. The minimum atomic E-state index is -1.12. The van der Waals surface area contributed by atoms with E-state index in [0.29, 0.717) is 23.7 Å². The number of nitrogens with zero attached hydrogens (tertiary/aromatic N) is 1. The number of carbonyl (C=O) groups excluding carboxylic acids is 1. The number of likely N-dealkylation sites (tertiary alicyclic amines) is 1. The van der Waals surface area contributed by atoms with E-state index in [0.717, 1.165) is 12.8 Å². The fourth-order valence-corrected chi connectivity index (χ4v) is 2.36. The molecular weight excluding hydrogens is 268 g/mol. The molecular formula is C13H15ClN2O3. The lowest BCUT2D eigenvalue weighted by molar-refractivity contribution is -0.139. The Morgan fingerprint density at radius 1 is 1.26 bits per heavy atom. The number of urea groups is 1. The number of hydrogen-bond acceptors (Lipinski definition) is 2. The van der Waals surface area contributed by atoms with E-state index in [9.17, 15) is 14.7 Å². The van der Waals surface area contributed by atoms with Crippen molar-refractivity contribution in [2.45, 2.75) is 18.9 Å². The Kier molecular flexibility index (Phi) is 4.27. The number of hydrogen-bond donors (Lipinski definition) is 2. The molecule has 0 aromatic heterocycles. The van der Waals surface area contributed by atoms with E-state index in [4.69, 9.17) is 11.6 Å². The van der Waals surface area contributed by atoms with Crippen LogP contribution in [-0.2, 0) is 4.79 Å². The van der Waals surface area contributed by atoms with Crippen molar-refractivity contribution >= 4 is 23.6 Å². The molecule has 1 heterocycles. The highest BCUT2D eigenvalue weighted by molar-refractivity contribution is 6.31. The maximum absolute atomic E-state index is 12.0. The molecule has 2 amide bonds. The Balaban J connectivity index is 2.15. The SMILES string of the molecule is O=C(O)[C@H](NC(=O)N1CCCC1)c1ccccc1Cl. The van der Waals surface area contributed by atoms with Gasteiger partial charge in [-0.05, 0) is 18.9 Å². The van der Waals surface area contributed by atoms with Crippen molar-refractivity contribution in [3.05, 3.63) is 34.9 Å². The largest absolute Gasteiger partial charge is 0.479 e. The van der Waals surface area contributed by atoms with Crippen LogP contribution in [0, 0.1) is 0 Å². The molecule has 1 aromatic rings. The lowest BCUT2D eigenvalue weighted by Crippen LogP contribution is -2.42. The average molecular weight is 283 g/mol. The highest BCUT2D eigenvalue weighted by Gasteiger charge is 2.27. The summed E-state index contributed by atoms with van der Waals surface area (Å²) >= 11 is 5.98. The molecule has 0 saturated carbocycles. The second-order valence-corrected chi connectivity index (χ2v) is 4.84. The normalized spacial score (nSPS) is 16.2. The maximum atomic E-state index is 12.0. The molecule has 0 aliphatic carbocycles. The van der Waals surface area contributed by atoms with Crippen molar-refractivity contribution in [1.82, 2.24) is 10.2 Å². The Hall–Kier alpha value is -1.75. The van der Waals surface area contributed by atoms with Crippen molar-refractivity contribution in [3.63, 3.8) is 0 Å². The fraction of sp³-hybridized carbons (Fsp3) is 0.385. The Labute approximate surface area is 116 Å². The van der Waals surface area contributed by atoms with Gasteiger partial charge < -0.3 is 15.3 Å². The third-order valence-corrected chi connectivity index (χ3v) is 3.47. The number of carboxylic acid groups (broad SMARTS) is 1. The van der Waals surface area contributed by atoms with Gasteiger partial charge in [-0.25, -0.2) is 9.59 Å². The van der Waals surface area contributed by atoms with Crippen LogP contribution in [0.25, 0.3) is 0 Å². The van der Waals surface area contributed by atoms with Gasteiger partial charge in [0.2, 0.25) is 0 Å². The number of halogens is 1. The van der Waals surface area contributed by atoms with Gasteiger partial charge in [-0.1, -0.05) is 29.8 Å². The molecule has 0 unspecified atom stereocenters. The van der Waals surface area contributed by atoms with Gasteiger partial charge in [0.1, 0.15) is 0 Å². The summed E-state index contributed by atoms with van der Waals surface area (Å²) in [6.45, 7) is 1.33. The van der Waals surface area contributed by atoms with Crippen LogP contribution in [0.4, 0.5) is 4.79 Å². The molecule has 0 spiro atoms. The molecule has 0 radical (unpaired) electrons. The molecule has 1 aliphatic heterocycles. The van der Waals surface area contributed by atoms with E-state index in [2.05, 4.69) is 5.32 Å². The molecule has 1 saturated heterocycles. The molecule has 1 atom stereocenters. The standard InChI is InChI=1S/C13H15ClN2O3/c14-10-6-2-1-5-9(10)11(12(17)18)15-13(19)16-7-3-4-8-16/h1-2,5-6,11H,3-4,7-8H2,(H,15,19)(H,17,18)/t11-/m1/s1. The van der Waals surface area contributed by atoms with Crippen LogP contribution in [0.3, 0.4) is 0 Å². The number of nitrogens with one attached hydrogen (secondary N) is 1. The quantitative estimate of drug-likeness (QED) is 0.893. The first-order valence-electron chi connectivity index (χ1n) is 6.12. The number of amides is 2. The van der Waals surface area contributed by atoms with E-state index in [1.807, 2.05) is 0 Å². The lowest BCUT2D eigenvalue weighted by atomic mass is 10.1. The van der Waals surface area contributed by atoms with E-state index >= 15 is 0 Å². The van der Waals surface area contributed by atoms with Crippen LogP contribution in [0.1, 0.15) is 24.4 Å². The third kappa shape index (κ3) is 3.17. The maximum Gasteiger partial charge on any atom is 0.331 e. The van der Waals surface area contributed by atoms with Crippen molar-refractivity contribution in [1.29, 1.82) is 0 Å². The zero-order valence-corrected chi connectivity index (χ0v) is 11.1. The van der Waals surface area contributed by atoms with E-state index in [-0.39, 0.29) is 6.03 Å².